The van der Waals surface area contributed by atoms with Crippen LogP contribution in [0.25, 0.3) is 0 Å². The van der Waals surface area contributed by atoms with Crippen molar-refractivity contribution in [1.29, 1.82) is 0 Å². The van der Waals surface area contributed by atoms with Crippen LogP contribution in [-0.4, -0.2) is 60.5 Å². The molecule has 1 aliphatic rings. The van der Waals surface area contributed by atoms with Crippen molar-refractivity contribution in [2.24, 2.45) is 0 Å². The van der Waals surface area contributed by atoms with E-state index in [4.69, 9.17) is 4.74 Å². The Labute approximate surface area is 112 Å². The normalized spacial score (nSPS) is 25.3. The maximum Gasteiger partial charge on any atom is 0.0869 e. The summed E-state index contributed by atoms with van der Waals surface area (Å²) in [7, 11) is 0. The van der Waals surface area contributed by atoms with Gasteiger partial charge in [0.05, 0.1) is 11.7 Å². The molecule has 0 radical (unpaired) electrons. The lowest BCUT2D eigenvalue weighted by molar-refractivity contribution is -0.0312. The van der Waals surface area contributed by atoms with Gasteiger partial charge in [0, 0.05) is 32.3 Å². The minimum absolute atomic E-state index is 0.345. The van der Waals surface area contributed by atoms with Crippen LogP contribution in [0.1, 0.15) is 40.5 Å². The van der Waals surface area contributed by atoms with E-state index in [9.17, 15) is 5.11 Å². The Morgan fingerprint density at radius 2 is 2.22 bits per heavy atom. The van der Waals surface area contributed by atoms with E-state index in [0.29, 0.717) is 18.7 Å². The molecule has 2 unspecified atom stereocenters. The van der Waals surface area contributed by atoms with Crippen molar-refractivity contribution in [2.45, 2.75) is 58.3 Å². The fraction of sp³-hybridized carbons (Fsp3) is 1.00. The van der Waals surface area contributed by atoms with Crippen LogP contribution in [0.4, 0.5) is 0 Å². The van der Waals surface area contributed by atoms with Gasteiger partial charge in [-0.05, 0) is 33.2 Å². The van der Waals surface area contributed by atoms with Crippen molar-refractivity contribution < 1.29 is 9.84 Å². The highest BCUT2D eigenvalue weighted by Gasteiger charge is 2.27. The molecule has 0 aliphatic carbocycles. The molecule has 4 heteroatoms. The van der Waals surface area contributed by atoms with Crippen molar-refractivity contribution in [3.63, 3.8) is 0 Å². The molecule has 1 rings (SSSR count). The summed E-state index contributed by atoms with van der Waals surface area (Å²) < 4.78 is 5.69. The van der Waals surface area contributed by atoms with Gasteiger partial charge in [0.2, 0.25) is 0 Å². The average Bonchev–Trinajstić information content (AvgIpc) is 2.27. The number of nitrogens with one attached hydrogen (secondary N) is 1. The van der Waals surface area contributed by atoms with Gasteiger partial charge in [0.25, 0.3) is 0 Å². The lowest BCUT2D eigenvalue weighted by Crippen LogP contribution is -2.52. The summed E-state index contributed by atoms with van der Waals surface area (Å²) >= 11 is 0. The number of aliphatic hydroxyl groups is 1. The molecule has 1 saturated heterocycles. The molecule has 108 valence electrons. The zero-order chi connectivity index (χ0) is 13.6. The molecular weight excluding hydrogens is 228 g/mol. The number of nitrogens with zero attached hydrogens (tertiary/aromatic N) is 1. The molecule has 0 amide bonds. The molecule has 4 nitrogen and oxygen atoms in total. The minimum atomic E-state index is -0.668. The van der Waals surface area contributed by atoms with E-state index in [0.717, 1.165) is 32.7 Å². The van der Waals surface area contributed by atoms with Crippen LogP contribution in [-0.2, 0) is 4.74 Å². The molecule has 0 spiro atoms. The molecule has 0 aromatic heterocycles. The summed E-state index contributed by atoms with van der Waals surface area (Å²) in [6.07, 6.45) is 2.66. The van der Waals surface area contributed by atoms with E-state index < -0.39 is 5.60 Å². The number of piperidine rings is 1. The van der Waals surface area contributed by atoms with Crippen LogP contribution in [0.3, 0.4) is 0 Å². The fourth-order valence-corrected chi connectivity index (χ4v) is 2.49. The second-order valence-electron chi connectivity index (χ2n) is 5.99. The quantitative estimate of drug-likeness (QED) is 0.721. The largest absolute Gasteiger partial charge is 0.388 e. The van der Waals surface area contributed by atoms with Gasteiger partial charge in [-0.25, -0.2) is 0 Å². The fourth-order valence-electron chi connectivity index (χ4n) is 2.49. The topological polar surface area (TPSA) is 44.7 Å². The van der Waals surface area contributed by atoms with Crippen molar-refractivity contribution in [2.75, 3.05) is 32.8 Å². The zero-order valence-corrected chi connectivity index (χ0v) is 12.4. The number of β-amino-alcohol motifs (C(OH)–C–C–N with tert-alkyl or cyclic N) is 1. The van der Waals surface area contributed by atoms with Gasteiger partial charge in [-0.3, -0.25) is 4.90 Å². The Balaban J connectivity index is 2.35. The lowest BCUT2D eigenvalue weighted by atomic mass is 10.0. The van der Waals surface area contributed by atoms with Crippen LogP contribution >= 0.6 is 0 Å². The molecule has 1 heterocycles. The monoisotopic (exact) mass is 258 g/mol. The highest BCUT2D eigenvalue weighted by atomic mass is 16.5. The first-order valence-corrected chi connectivity index (χ1v) is 7.22. The van der Waals surface area contributed by atoms with E-state index in [2.05, 4.69) is 24.1 Å². The summed E-state index contributed by atoms with van der Waals surface area (Å²) in [5.41, 5.74) is -0.668. The van der Waals surface area contributed by atoms with Crippen molar-refractivity contribution in [1.82, 2.24) is 10.2 Å². The van der Waals surface area contributed by atoms with Crippen molar-refractivity contribution in [3.05, 3.63) is 0 Å². The van der Waals surface area contributed by atoms with Gasteiger partial charge in [-0.1, -0.05) is 13.8 Å². The van der Waals surface area contributed by atoms with Gasteiger partial charge in [0.1, 0.15) is 0 Å². The maximum absolute atomic E-state index is 10.4. The molecule has 0 aromatic rings. The molecule has 2 N–H and O–H groups in total. The Hall–Kier alpha value is -0.160. The van der Waals surface area contributed by atoms with Gasteiger partial charge in [-0.2, -0.15) is 0 Å². The van der Waals surface area contributed by atoms with E-state index in [1.807, 2.05) is 13.8 Å². The van der Waals surface area contributed by atoms with Crippen LogP contribution in [0.2, 0.25) is 0 Å². The first-order valence-electron chi connectivity index (χ1n) is 7.22. The molecule has 1 fully saturated rings. The molecule has 1 aliphatic heterocycles. The van der Waals surface area contributed by atoms with Gasteiger partial charge in [-0.15, -0.1) is 0 Å². The molecule has 0 aromatic carbocycles. The van der Waals surface area contributed by atoms with Crippen molar-refractivity contribution >= 4 is 0 Å². The van der Waals surface area contributed by atoms with E-state index >= 15 is 0 Å². The predicted octanol–water partition coefficient (Wildman–Crippen LogP) is 1.24. The first kappa shape index (κ1) is 15.9. The third kappa shape index (κ3) is 6.14. The highest BCUT2D eigenvalue weighted by Crippen LogP contribution is 2.16. The van der Waals surface area contributed by atoms with Crippen LogP contribution in [0.5, 0.6) is 0 Å². The maximum atomic E-state index is 10.4. The Morgan fingerprint density at radius 3 is 2.83 bits per heavy atom. The van der Waals surface area contributed by atoms with E-state index in [-0.39, 0.29) is 0 Å². The second-order valence-corrected chi connectivity index (χ2v) is 5.99. The number of rotatable bonds is 7. The molecule has 0 bridgehead atoms. The summed E-state index contributed by atoms with van der Waals surface area (Å²) in [4.78, 5) is 2.33. The zero-order valence-electron chi connectivity index (χ0n) is 12.4. The number of hydrogen-bond acceptors (Lipinski definition) is 4. The van der Waals surface area contributed by atoms with Gasteiger partial charge in [0.15, 0.2) is 0 Å². The number of ether oxygens (including phenoxy) is 1. The summed E-state index contributed by atoms with van der Waals surface area (Å²) in [5.74, 6) is 0. The Morgan fingerprint density at radius 1 is 1.50 bits per heavy atom. The molecular formula is C14H30N2O2. The van der Waals surface area contributed by atoms with Gasteiger partial charge < -0.3 is 15.2 Å². The summed E-state index contributed by atoms with van der Waals surface area (Å²) in [6, 6.07) is 0.411. The lowest BCUT2D eigenvalue weighted by Gasteiger charge is -2.37. The summed E-state index contributed by atoms with van der Waals surface area (Å²) in [6.45, 7) is 12.3. The molecule has 18 heavy (non-hydrogen) atoms. The third-order valence-corrected chi connectivity index (χ3v) is 3.32. The first-order chi connectivity index (χ1) is 8.43. The minimum Gasteiger partial charge on any atom is -0.388 e. The average molecular weight is 258 g/mol. The van der Waals surface area contributed by atoms with E-state index in [1.165, 1.54) is 6.42 Å². The predicted molar refractivity (Wildman–Crippen MR) is 74.9 cm³/mol. The second kappa shape index (κ2) is 7.43. The third-order valence-electron chi connectivity index (χ3n) is 3.32. The molecule has 2 atom stereocenters. The smallest absolute Gasteiger partial charge is 0.0869 e. The van der Waals surface area contributed by atoms with Crippen molar-refractivity contribution in [3.8, 4) is 0 Å². The summed E-state index contributed by atoms with van der Waals surface area (Å²) in [5, 5.41) is 13.7. The molecule has 0 saturated carbocycles. The number of likely N-dealkylation sites (tertiary alicyclic amines) is 1. The van der Waals surface area contributed by atoms with Crippen LogP contribution < -0.4 is 5.32 Å². The van der Waals surface area contributed by atoms with Crippen LogP contribution in [0, 0.1) is 0 Å². The van der Waals surface area contributed by atoms with Gasteiger partial charge >= 0.3 is 0 Å². The van der Waals surface area contributed by atoms with E-state index in [1.54, 1.807) is 0 Å². The Kier molecular flexibility index (Phi) is 6.57. The standard InChI is InChI=1S/C14H30N2O2/c1-5-18-13-7-6-8-16(9-13)11-14(4,17)10-15-12(2)3/h12-13,15,17H,5-11H2,1-4H3. The number of hydrogen-bond donors (Lipinski definition) is 2. The SMILES string of the molecule is CCOC1CCCN(CC(C)(O)CNC(C)C)C1. The van der Waals surface area contributed by atoms with Crippen LogP contribution in [0.15, 0.2) is 0 Å². The highest BCUT2D eigenvalue weighted by molar-refractivity contribution is 4.84. The Bertz CT molecular complexity index is 230.